The Morgan fingerprint density at radius 1 is 1.12 bits per heavy atom. The molecule has 2 rings (SSSR count). The van der Waals surface area contributed by atoms with E-state index in [0.29, 0.717) is 13.1 Å². The van der Waals surface area contributed by atoms with Crippen molar-refractivity contribution in [2.24, 2.45) is 0 Å². The molecule has 1 heterocycles. The Kier molecular flexibility index (Phi) is 6.49. The average molecular weight is 360 g/mol. The van der Waals surface area contributed by atoms with Crippen LogP contribution in [0.1, 0.15) is 71.1 Å². The zero-order valence-corrected chi connectivity index (χ0v) is 15.3. The van der Waals surface area contributed by atoms with Crippen LogP contribution in [0.15, 0.2) is 18.2 Å². The first-order valence-electron chi connectivity index (χ1n) is 8.89. The maximum atomic E-state index is 12.4. The minimum Gasteiger partial charge on any atom is -0.449 e. The number of ether oxygens (including phenoxy) is 1. The number of fused-ring (bicyclic) bond motifs is 1. The second kappa shape index (κ2) is 8.60. The molecule has 0 unspecified atom stereocenters. The maximum Gasteiger partial charge on any atom is 0.338 e. The Morgan fingerprint density at radius 3 is 2.46 bits per heavy atom. The zero-order chi connectivity index (χ0) is 19.3. The Labute approximate surface area is 152 Å². The Balaban J connectivity index is 2.11. The summed E-state index contributed by atoms with van der Waals surface area (Å²) in [5.74, 6) is -1.83. The van der Waals surface area contributed by atoms with Crippen molar-refractivity contribution in [1.82, 2.24) is 10.2 Å². The fraction of sp³-hybridized carbons (Fsp3) is 0.474. The second-order valence-corrected chi connectivity index (χ2v) is 6.21. The van der Waals surface area contributed by atoms with E-state index in [1.807, 2.05) is 13.8 Å². The third-order valence-corrected chi connectivity index (χ3v) is 4.14. The molecule has 0 saturated heterocycles. The molecule has 26 heavy (non-hydrogen) atoms. The van der Waals surface area contributed by atoms with Crippen LogP contribution in [0.3, 0.4) is 0 Å². The molecule has 0 saturated carbocycles. The SMILES string of the molecule is CCCCN1C(=O)c2ccc(C(=O)O[C@@H](C)C(=O)NCCC)cc2C1=O. The molecule has 0 fully saturated rings. The highest BCUT2D eigenvalue weighted by Gasteiger charge is 2.35. The molecule has 1 atom stereocenters. The number of nitrogens with zero attached hydrogens (tertiary/aromatic N) is 1. The van der Waals surface area contributed by atoms with Gasteiger partial charge < -0.3 is 10.1 Å². The molecule has 0 aliphatic carbocycles. The molecule has 7 heteroatoms. The number of carbonyl (C=O) groups is 4. The molecule has 7 nitrogen and oxygen atoms in total. The maximum absolute atomic E-state index is 12.4. The van der Waals surface area contributed by atoms with Gasteiger partial charge in [-0.2, -0.15) is 0 Å². The fourth-order valence-electron chi connectivity index (χ4n) is 2.61. The number of imide groups is 1. The van der Waals surface area contributed by atoms with E-state index in [-0.39, 0.29) is 28.5 Å². The number of benzene rings is 1. The quantitative estimate of drug-likeness (QED) is 0.566. The molecule has 1 aliphatic rings. The number of amides is 3. The van der Waals surface area contributed by atoms with Crippen molar-refractivity contribution in [3.8, 4) is 0 Å². The van der Waals surface area contributed by atoms with Crippen molar-refractivity contribution in [2.45, 2.75) is 46.1 Å². The molecule has 1 aromatic rings. The molecule has 0 radical (unpaired) electrons. The van der Waals surface area contributed by atoms with Gasteiger partial charge in [-0.05, 0) is 38.0 Å². The van der Waals surface area contributed by atoms with E-state index in [4.69, 9.17) is 4.74 Å². The number of hydrogen-bond donors (Lipinski definition) is 1. The first-order chi connectivity index (χ1) is 12.4. The minimum atomic E-state index is -0.944. The van der Waals surface area contributed by atoms with Gasteiger partial charge in [-0.15, -0.1) is 0 Å². The number of carbonyl (C=O) groups excluding carboxylic acids is 4. The number of hydrogen-bond acceptors (Lipinski definition) is 5. The Morgan fingerprint density at radius 2 is 1.81 bits per heavy atom. The summed E-state index contributed by atoms with van der Waals surface area (Å²) in [6.07, 6.45) is 1.43. The lowest BCUT2D eigenvalue weighted by atomic mass is 10.1. The van der Waals surface area contributed by atoms with E-state index >= 15 is 0 Å². The van der Waals surface area contributed by atoms with Crippen LogP contribution in [-0.2, 0) is 9.53 Å². The van der Waals surface area contributed by atoms with E-state index in [0.717, 1.165) is 19.3 Å². The van der Waals surface area contributed by atoms with Gasteiger partial charge in [0.2, 0.25) is 0 Å². The van der Waals surface area contributed by atoms with Gasteiger partial charge in [0.1, 0.15) is 0 Å². The lowest BCUT2D eigenvalue weighted by Gasteiger charge is -2.13. The standard InChI is InChI=1S/C19H24N2O5/c1-4-6-10-21-17(23)14-8-7-13(11-15(14)18(21)24)19(25)26-12(3)16(22)20-9-5-2/h7-8,11-12H,4-6,9-10H2,1-3H3,(H,20,22)/t12-/m0/s1. The molecular formula is C19H24N2O5. The van der Waals surface area contributed by atoms with Gasteiger partial charge >= 0.3 is 5.97 Å². The highest BCUT2D eigenvalue weighted by molar-refractivity contribution is 6.22. The molecule has 1 aromatic carbocycles. The van der Waals surface area contributed by atoms with Crippen molar-refractivity contribution in [3.05, 3.63) is 34.9 Å². The molecule has 140 valence electrons. The van der Waals surface area contributed by atoms with Crippen LogP contribution in [0.5, 0.6) is 0 Å². The molecule has 0 aromatic heterocycles. The number of esters is 1. The monoisotopic (exact) mass is 360 g/mol. The summed E-state index contributed by atoms with van der Waals surface area (Å²) in [7, 11) is 0. The smallest absolute Gasteiger partial charge is 0.338 e. The van der Waals surface area contributed by atoms with E-state index in [1.165, 1.54) is 30.0 Å². The third-order valence-electron chi connectivity index (χ3n) is 4.14. The minimum absolute atomic E-state index is 0.136. The van der Waals surface area contributed by atoms with Crippen LogP contribution in [0.2, 0.25) is 0 Å². The Bertz CT molecular complexity index is 729. The second-order valence-electron chi connectivity index (χ2n) is 6.21. The van der Waals surface area contributed by atoms with Crippen LogP contribution < -0.4 is 5.32 Å². The molecule has 0 bridgehead atoms. The summed E-state index contributed by atoms with van der Waals surface area (Å²) in [5, 5.41) is 2.65. The topological polar surface area (TPSA) is 92.8 Å². The van der Waals surface area contributed by atoms with Crippen LogP contribution in [0.25, 0.3) is 0 Å². The van der Waals surface area contributed by atoms with Crippen molar-refractivity contribution >= 4 is 23.7 Å². The number of nitrogens with one attached hydrogen (secondary N) is 1. The summed E-state index contributed by atoms with van der Waals surface area (Å²) in [5.41, 5.74) is 0.623. The van der Waals surface area contributed by atoms with E-state index in [1.54, 1.807) is 0 Å². The van der Waals surface area contributed by atoms with Crippen LogP contribution in [-0.4, -0.2) is 47.8 Å². The first kappa shape index (κ1) is 19.6. The molecular weight excluding hydrogens is 336 g/mol. The van der Waals surface area contributed by atoms with Crippen LogP contribution >= 0.6 is 0 Å². The highest BCUT2D eigenvalue weighted by Crippen LogP contribution is 2.24. The van der Waals surface area contributed by atoms with Crippen molar-refractivity contribution in [2.75, 3.05) is 13.1 Å². The first-order valence-corrected chi connectivity index (χ1v) is 8.89. The summed E-state index contributed by atoms with van der Waals surface area (Å²) >= 11 is 0. The molecule has 0 spiro atoms. The molecule has 1 aliphatic heterocycles. The average Bonchev–Trinajstić information content (AvgIpc) is 2.87. The Hall–Kier alpha value is -2.70. The van der Waals surface area contributed by atoms with Gasteiger partial charge in [0.05, 0.1) is 16.7 Å². The van der Waals surface area contributed by atoms with Crippen LogP contribution in [0, 0.1) is 0 Å². The van der Waals surface area contributed by atoms with Gasteiger partial charge in [0, 0.05) is 13.1 Å². The fourth-order valence-corrected chi connectivity index (χ4v) is 2.61. The van der Waals surface area contributed by atoms with E-state index in [9.17, 15) is 19.2 Å². The lowest BCUT2D eigenvalue weighted by Crippen LogP contribution is -2.36. The van der Waals surface area contributed by atoms with Gasteiger partial charge in [0.25, 0.3) is 17.7 Å². The molecule has 3 amide bonds. The largest absolute Gasteiger partial charge is 0.449 e. The highest BCUT2D eigenvalue weighted by atomic mass is 16.5. The molecule has 1 N–H and O–H groups in total. The van der Waals surface area contributed by atoms with Gasteiger partial charge in [-0.3, -0.25) is 19.3 Å². The van der Waals surface area contributed by atoms with Gasteiger partial charge in [-0.1, -0.05) is 20.3 Å². The number of unbranched alkanes of at least 4 members (excludes halogenated alkanes) is 1. The van der Waals surface area contributed by atoms with Crippen molar-refractivity contribution < 1.29 is 23.9 Å². The summed E-state index contributed by atoms with van der Waals surface area (Å²) in [4.78, 5) is 50.0. The van der Waals surface area contributed by atoms with Crippen molar-refractivity contribution in [1.29, 1.82) is 0 Å². The van der Waals surface area contributed by atoms with Crippen LogP contribution in [0.4, 0.5) is 0 Å². The van der Waals surface area contributed by atoms with E-state index < -0.39 is 18.0 Å². The third kappa shape index (κ3) is 4.09. The predicted molar refractivity (Wildman–Crippen MR) is 94.9 cm³/mol. The normalized spacial score (nSPS) is 14.2. The zero-order valence-electron chi connectivity index (χ0n) is 15.3. The lowest BCUT2D eigenvalue weighted by molar-refractivity contribution is -0.129. The summed E-state index contributed by atoms with van der Waals surface area (Å²) in [6, 6.07) is 4.26. The van der Waals surface area contributed by atoms with Gasteiger partial charge in [-0.25, -0.2) is 4.79 Å². The number of rotatable bonds is 8. The van der Waals surface area contributed by atoms with Crippen molar-refractivity contribution in [3.63, 3.8) is 0 Å². The van der Waals surface area contributed by atoms with Gasteiger partial charge in [0.15, 0.2) is 6.10 Å². The summed E-state index contributed by atoms with van der Waals surface area (Å²) in [6.45, 7) is 6.24. The van der Waals surface area contributed by atoms with E-state index in [2.05, 4.69) is 5.32 Å². The predicted octanol–water partition coefficient (Wildman–Crippen LogP) is 2.15. The summed E-state index contributed by atoms with van der Waals surface area (Å²) < 4.78 is 5.15.